The molecule has 0 spiro atoms. The molecule has 28 heavy (non-hydrogen) atoms. The Morgan fingerprint density at radius 1 is 0.429 bits per heavy atom. The van der Waals surface area contributed by atoms with E-state index in [4.69, 9.17) is 0 Å². The molecule has 0 fully saturated rings. The molecule has 0 bridgehead atoms. The number of rotatable bonds is 21. The minimum atomic E-state index is -1.73. The highest BCUT2D eigenvalue weighted by Gasteiger charge is 2.31. The molecule has 0 aliphatic heterocycles. The molecular weight excluding hydrogens is 367 g/mol. The largest absolute Gasteiger partial charge is 0.294 e. The number of carbonyl (C=O) groups is 3. The van der Waals surface area contributed by atoms with Gasteiger partial charge in [-0.05, 0) is 19.3 Å². The van der Waals surface area contributed by atoms with Gasteiger partial charge in [0.05, 0.1) is 0 Å². The number of unbranched alkanes of at least 4 members (excludes halogenated alkanes) is 12. The molecule has 0 aromatic rings. The molecule has 0 aromatic heterocycles. The van der Waals surface area contributed by atoms with Crippen LogP contribution < -0.4 is 0 Å². The first kappa shape index (κ1) is 27.4. The topological polar surface area (TPSA) is 51.2 Å². The molecule has 0 aliphatic rings. The van der Waals surface area contributed by atoms with Crippen molar-refractivity contribution in [3.05, 3.63) is 0 Å². The average molecular weight is 413 g/mol. The molecular formula is C24H45O3P. The first-order valence-corrected chi connectivity index (χ1v) is 13.3. The minimum Gasteiger partial charge on any atom is -0.294 e. The standard InChI is InChI=1S/C24H45O3P/c1-4-7-10-13-16-19-22(25)28(23(26)20-17-14-11-8-5-2)24(27)21-18-15-12-9-6-3/h4-21H2,1-3H3. The van der Waals surface area contributed by atoms with Gasteiger partial charge in [-0.3, -0.25) is 14.4 Å². The lowest BCUT2D eigenvalue weighted by molar-refractivity contribution is -0.116. The van der Waals surface area contributed by atoms with Gasteiger partial charge < -0.3 is 0 Å². The molecule has 0 atom stereocenters. The van der Waals surface area contributed by atoms with Gasteiger partial charge >= 0.3 is 0 Å². The van der Waals surface area contributed by atoms with Gasteiger partial charge in [0.25, 0.3) is 0 Å². The SMILES string of the molecule is CCCCCCCC(=O)P(C(=O)CCCCCCC)C(=O)CCCCCCC. The summed E-state index contributed by atoms with van der Waals surface area (Å²) >= 11 is 0. The number of hydrogen-bond acceptors (Lipinski definition) is 3. The fraction of sp³-hybridized carbons (Fsp3) is 0.875. The van der Waals surface area contributed by atoms with E-state index in [9.17, 15) is 14.4 Å². The quantitative estimate of drug-likeness (QED) is 0.141. The first-order chi connectivity index (χ1) is 13.6. The molecule has 0 aromatic carbocycles. The van der Waals surface area contributed by atoms with Gasteiger partial charge in [-0.2, -0.15) is 0 Å². The Morgan fingerprint density at radius 3 is 0.929 bits per heavy atom. The van der Waals surface area contributed by atoms with Crippen LogP contribution in [0.3, 0.4) is 0 Å². The van der Waals surface area contributed by atoms with E-state index in [2.05, 4.69) is 20.8 Å². The zero-order valence-electron chi connectivity index (χ0n) is 18.9. The van der Waals surface area contributed by atoms with Crippen LogP contribution in [0.25, 0.3) is 0 Å². The second kappa shape index (κ2) is 19.7. The third kappa shape index (κ3) is 14.4. The fourth-order valence-electron chi connectivity index (χ4n) is 3.39. The monoisotopic (exact) mass is 412 g/mol. The lowest BCUT2D eigenvalue weighted by Crippen LogP contribution is -2.13. The van der Waals surface area contributed by atoms with Crippen molar-refractivity contribution < 1.29 is 14.4 Å². The number of hydrogen-bond donors (Lipinski definition) is 0. The van der Waals surface area contributed by atoms with E-state index in [0.29, 0.717) is 19.3 Å². The highest BCUT2D eigenvalue weighted by molar-refractivity contribution is 8.01. The van der Waals surface area contributed by atoms with Crippen LogP contribution in [-0.4, -0.2) is 16.6 Å². The van der Waals surface area contributed by atoms with Gasteiger partial charge in [-0.25, -0.2) is 0 Å². The third-order valence-corrected chi connectivity index (χ3v) is 7.40. The average Bonchev–Trinajstić information content (AvgIpc) is 2.67. The zero-order chi connectivity index (χ0) is 21.0. The summed E-state index contributed by atoms with van der Waals surface area (Å²) in [6.45, 7) is 6.51. The summed E-state index contributed by atoms with van der Waals surface area (Å²) in [6.07, 6.45) is 17.3. The van der Waals surface area contributed by atoms with E-state index in [-0.39, 0.29) is 16.6 Å². The summed E-state index contributed by atoms with van der Waals surface area (Å²) in [5, 5.41) is 0. The van der Waals surface area contributed by atoms with Crippen molar-refractivity contribution in [3.63, 3.8) is 0 Å². The molecule has 0 saturated heterocycles. The first-order valence-electron chi connectivity index (χ1n) is 12.0. The highest BCUT2D eigenvalue weighted by atomic mass is 31.1. The van der Waals surface area contributed by atoms with E-state index in [1.165, 1.54) is 38.5 Å². The molecule has 0 aliphatic carbocycles. The van der Waals surface area contributed by atoms with E-state index in [1.54, 1.807) is 0 Å². The second-order valence-corrected chi connectivity index (χ2v) is 10.2. The maximum Gasteiger partial charge on any atom is 0.169 e. The van der Waals surface area contributed by atoms with Gasteiger partial charge in [-0.1, -0.05) is 97.8 Å². The molecule has 0 heterocycles. The molecule has 4 heteroatoms. The summed E-state index contributed by atoms with van der Waals surface area (Å²) in [5.74, 6) is 0. The summed E-state index contributed by atoms with van der Waals surface area (Å²) in [4.78, 5) is 38.1. The van der Waals surface area contributed by atoms with Crippen LogP contribution in [0.15, 0.2) is 0 Å². The lowest BCUT2D eigenvalue weighted by atomic mass is 10.1. The molecule has 0 radical (unpaired) electrons. The minimum absolute atomic E-state index is 0.0522. The maximum atomic E-state index is 12.7. The predicted molar refractivity (Wildman–Crippen MR) is 122 cm³/mol. The van der Waals surface area contributed by atoms with Crippen LogP contribution in [0.4, 0.5) is 0 Å². The molecule has 164 valence electrons. The van der Waals surface area contributed by atoms with Gasteiger partial charge in [0, 0.05) is 19.3 Å². The molecule has 0 unspecified atom stereocenters. The van der Waals surface area contributed by atoms with Crippen molar-refractivity contribution >= 4 is 24.5 Å². The van der Waals surface area contributed by atoms with E-state index in [0.717, 1.165) is 57.8 Å². The van der Waals surface area contributed by atoms with Crippen LogP contribution in [0.5, 0.6) is 0 Å². The predicted octanol–water partition coefficient (Wildman–Crippen LogP) is 8.13. The number of carbonyl (C=O) groups excluding carboxylic acids is 3. The summed E-state index contributed by atoms with van der Waals surface area (Å²) in [7, 11) is -1.73. The van der Waals surface area contributed by atoms with E-state index in [1.807, 2.05) is 0 Å². The molecule has 3 nitrogen and oxygen atoms in total. The van der Waals surface area contributed by atoms with Crippen molar-refractivity contribution in [2.45, 2.75) is 136 Å². The van der Waals surface area contributed by atoms with Gasteiger partial charge in [0.15, 0.2) is 16.6 Å². The smallest absolute Gasteiger partial charge is 0.169 e. The zero-order valence-corrected chi connectivity index (χ0v) is 19.8. The molecule has 0 rings (SSSR count). The van der Waals surface area contributed by atoms with Gasteiger partial charge in [0.2, 0.25) is 0 Å². The Kier molecular flexibility index (Phi) is 19.3. The van der Waals surface area contributed by atoms with Gasteiger partial charge in [-0.15, -0.1) is 0 Å². The normalized spacial score (nSPS) is 11.1. The van der Waals surface area contributed by atoms with Crippen molar-refractivity contribution in [1.29, 1.82) is 0 Å². The van der Waals surface area contributed by atoms with Crippen molar-refractivity contribution in [2.75, 3.05) is 0 Å². The third-order valence-electron chi connectivity index (χ3n) is 5.23. The Bertz CT molecular complexity index is 358. The van der Waals surface area contributed by atoms with E-state index < -0.39 is 7.92 Å². The summed E-state index contributed by atoms with van der Waals surface area (Å²) in [5.41, 5.74) is -0.157. The van der Waals surface area contributed by atoms with Gasteiger partial charge in [0.1, 0.15) is 7.92 Å². The van der Waals surface area contributed by atoms with Crippen LogP contribution >= 0.6 is 7.92 Å². The van der Waals surface area contributed by atoms with Crippen LogP contribution in [0.2, 0.25) is 0 Å². The van der Waals surface area contributed by atoms with Crippen LogP contribution in [0, 0.1) is 0 Å². The summed E-state index contributed by atoms with van der Waals surface area (Å²) < 4.78 is 0. The van der Waals surface area contributed by atoms with Crippen LogP contribution in [-0.2, 0) is 14.4 Å². The molecule has 0 N–H and O–H groups in total. The second-order valence-electron chi connectivity index (χ2n) is 8.01. The Morgan fingerprint density at radius 2 is 0.679 bits per heavy atom. The molecule has 0 amide bonds. The van der Waals surface area contributed by atoms with Crippen LogP contribution in [0.1, 0.15) is 136 Å². The Hall–Kier alpha value is -0.560. The van der Waals surface area contributed by atoms with Crippen molar-refractivity contribution in [1.82, 2.24) is 0 Å². The summed E-state index contributed by atoms with van der Waals surface area (Å²) in [6, 6.07) is 0. The Balaban J connectivity index is 4.55. The Labute approximate surface area is 175 Å². The van der Waals surface area contributed by atoms with E-state index >= 15 is 0 Å². The maximum absolute atomic E-state index is 12.7. The van der Waals surface area contributed by atoms with Crippen molar-refractivity contribution in [3.8, 4) is 0 Å². The fourth-order valence-corrected chi connectivity index (χ4v) is 5.37. The highest BCUT2D eigenvalue weighted by Crippen LogP contribution is 2.43. The lowest BCUT2D eigenvalue weighted by Gasteiger charge is -2.14. The molecule has 0 saturated carbocycles. The van der Waals surface area contributed by atoms with Crippen molar-refractivity contribution in [2.24, 2.45) is 0 Å².